The summed E-state index contributed by atoms with van der Waals surface area (Å²) >= 11 is 0. The van der Waals surface area contributed by atoms with Gasteiger partial charge in [0.2, 0.25) is 6.10 Å². The summed E-state index contributed by atoms with van der Waals surface area (Å²) in [5.74, 6) is 0.694. The average Bonchev–Trinajstić information content (AvgIpc) is 3.30. The van der Waals surface area contributed by atoms with Crippen LogP contribution in [0.25, 0.3) is 0 Å². The molecular weight excluding hydrogens is 320 g/mol. The molecule has 2 aromatic rings. The van der Waals surface area contributed by atoms with E-state index in [0.29, 0.717) is 13.0 Å². The van der Waals surface area contributed by atoms with E-state index >= 15 is 0 Å². The molecule has 1 amide bonds. The normalized spacial score (nSPS) is 16.3. The van der Waals surface area contributed by atoms with Crippen molar-refractivity contribution in [2.75, 3.05) is 14.2 Å². The molecule has 1 aliphatic rings. The van der Waals surface area contributed by atoms with Crippen molar-refractivity contribution < 1.29 is 14.4 Å². The number of likely N-dealkylation sites (N-methyl/N-ethyl adjacent to an activating group) is 1. The van der Waals surface area contributed by atoms with Gasteiger partial charge < -0.3 is 14.5 Å². The lowest BCUT2D eigenvalue weighted by Crippen LogP contribution is -2.36. The Bertz CT molecular complexity index is 767. The molecule has 0 radical (unpaired) electrons. The molecule has 7 heteroatoms. The lowest BCUT2D eigenvalue weighted by Gasteiger charge is -2.20. The van der Waals surface area contributed by atoms with Gasteiger partial charge in [0.15, 0.2) is 0 Å². The van der Waals surface area contributed by atoms with E-state index in [2.05, 4.69) is 10.3 Å². The van der Waals surface area contributed by atoms with Crippen molar-refractivity contribution in [1.82, 2.24) is 14.7 Å². The molecule has 1 aromatic carbocycles. The van der Waals surface area contributed by atoms with Gasteiger partial charge >= 0.3 is 0 Å². The number of carbonyl (C=O) groups excluding carboxylic acids is 1. The van der Waals surface area contributed by atoms with E-state index < -0.39 is 6.10 Å². The maximum atomic E-state index is 12.6. The van der Waals surface area contributed by atoms with Gasteiger partial charge in [0, 0.05) is 26.2 Å². The Morgan fingerprint density at radius 1 is 1.36 bits per heavy atom. The van der Waals surface area contributed by atoms with Gasteiger partial charge in [-0.05, 0) is 42.8 Å². The number of methoxy groups -OCH3 is 1. The number of hydrogen-bond acceptors (Lipinski definition) is 5. The lowest BCUT2D eigenvalue weighted by molar-refractivity contribution is -0.141. The summed E-state index contributed by atoms with van der Waals surface area (Å²) in [5, 5.41) is 8.31. The highest BCUT2D eigenvalue weighted by Crippen LogP contribution is 2.21. The number of aromatic nitrogens is 2. The summed E-state index contributed by atoms with van der Waals surface area (Å²) in [4.78, 5) is 19.7. The largest absolute Gasteiger partial charge is 0.497 e. The van der Waals surface area contributed by atoms with Crippen molar-refractivity contribution in [3.8, 4) is 5.75 Å². The second-order valence-electron chi connectivity index (χ2n) is 5.90. The standard InChI is InChI=1S/C18H22N4O3/c1-4-22-14(9-10-19-22)12-21(2)18(23)17-11-16(20-25-17)13-5-7-15(24-3)8-6-13/h5-10,17H,4,11-12H2,1-3H3. The molecule has 0 saturated heterocycles. The van der Waals surface area contributed by atoms with Gasteiger partial charge in [0.1, 0.15) is 5.75 Å². The Balaban J connectivity index is 1.60. The molecule has 1 aliphatic heterocycles. The molecule has 0 N–H and O–H groups in total. The van der Waals surface area contributed by atoms with Crippen LogP contribution in [0.3, 0.4) is 0 Å². The Morgan fingerprint density at radius 3 is 2.80 bits per heavy atom. The minimum Gasteiger partial charge on any atom is -0.497 e. The zero-order valence-corrected chi connectivity index (χ0v) is 14.7. The predicted molar refractivity (Wildman–Crippen MR) is 93.4 cm³/mol. The highest BCUT2D eigenvalue weighted by molar-refractivity contribution is 6.04. The fourth-order valence-electron chi connectivity index (χ4n) is 2.81. The number of benzene rings is 1. The molecule has 0 aliphatic carbocycles. The van der Waals surface area contributed by atoms with Gasteiger partial charge in [0.05, 0.1) is 25.1 Å². The van der Waals surface area contributed by atoms with Crippen LogP contribution in [0, 0.1) is 0 Å². The van der Waals surface area contributed by atoms with Crippen molar-refractivity contribution in [2.24, 2.45) is 5.16 Å². The van der Waals surface area contributed by atoms with Gasteiger partial charge in [0.25, 0.3) is 5.91 Å². The van der Waals surface area contributed by atoms with E-state index in [9.17, 15) is 4.79 Å². The van der Waals surface area contributed by atoms with Crippen molar-refractivity contribution >= 4 is 11.6 Å². The Morgan fingerprint density at radius 2 is 2.12 bits per heavy atom. The molecular formula is C18H22N4O3. The number of hydrogen-bond donors (Lipinski definition) is 0. The smallest absolute Gasteiger partial charge is 0.267 e. The monoisotopic (exact) mass is 342 g/mol. The van der Waals surface area contributed by atoms with Crippen LogP contribution in [-0.2, 0) is 22.7 Å². The first kappa shape index (κ1) is 17.0. The zero-order valence-electron chi connectivity index (χ0n) is 14.7. The third kappa shape index (κ3) is 3.65. The van der Waals surface area contributed by atoms with Gasteiger partial charge in [-0.3, -0.25) is 9.48 Å². The summed E-state index contributed by atoms with van der Waals surface area (Å²) in [7, 11) is 3.39. The second-order valence-corrected chi connectivity index (χ2v) is 5.90. The second kappa shape index (κ2) is 7.38. The molecule has 3 rings (SSSR count). The summed E-state index contributed by atoms with van der Waals surface area (Å²) in [6, 6.07) is 9.48. The lowest BCUT2D eigenvalue weighted by atomic mass is 10.0. The Hall–Kier alpha value is -2.83. The summed E-state index contributed by atoms with van der Waals surface area (Å²) in [6.45, 7) is 3.28. The van der Waals surface area contributed by atoms with Crippen molar-refractivity contribution in [3.63, 3.8) is 0 Å². The van der Waals surface area contributed by atoms with Crippen LogP contribution in [0.1, 0.15) is 24.6 Å². The van der Waals surface area contributed by atoms with Crippen LogP contribution < -0.4 is 4.74 Å². The number of aryl methyl sites for hydroxylation is 1. The molecule has 2 heterocycles. The molecule has 132 valence electrons. The number of carbonyl (C=O) groups is 1. The van der Waals surface area contributed by atoms with E-state index in [0.717, 1.165) is 29.3 Å². The summed E-state index contributed by atoms with van der Waals surface area (Å²) < 4.78 is 7.03. The first-order valence-corrected chi connectivity index (χ1v) is 8.25. The van der Waals surface area contributed by atoms with Crippen LogP contribution in [0.5, 0.6) is 5.75 Å². The van der Waals surface area contributed by atoms with Crippen LogP contribution in [0.4, 0.5) is 0 Å². The molecule has 7 nitrogen and oxygen atoms in total. The first-order chi connectivity index (χ1) is 12.1. The molecule has 1 unspecified atom stereocenters. The predicted octanol–water partition coefficient (Wildman–Crippen LogP) is 2.06. The topological polar surface area (TPSA) is 69.0 Å². The Labute approximate surface area is 146 Å². The zero-order chi connectivity index (χ0) is 17.8. The molecule has 0 bridgehead atoms. The van der Waals surface area contributed by atoms with Gasteiger partial charge in [-0.15, -0.1) is 0 Å². The van der Waals surface area contributed by atoms with Crippen LogP contribution in [-0.4, -0.2) is 46.6 Å². The fourth-order valence-corrected chi connectivity index (χ4v) is 2.81. The number of nitrogens with zero attached hydrogens (tertiary/aromatic N) is 4. The van der Waals surface area contributed by atoms with Crippen LogP contribution >= 0.6 is 0 Å². The van der Waals surface area contributed by atoms with E-state index in [-0.39, 0.29) is 5.91 Å². The SMILES string of the molecule is CCn1nccc1CN(C)C(=O)C1CC(c2ccc(OC)cc2)=NO1. The van der Waals surface area contributed by atoms with E-state index in [1.54, 1.807) is 25.3 Å². The summed E-state index contributed by atoms with van der Waals surface area (Å²) in [5.41, 5.74) is 2.70. The van der Waals surface area contributed by atoms with Crippen molar-refractivity contribution in [1.29, 1.82) is 0 Å². The third-order valence-corrected chi connectivity index (χ3v) is 4.25. The van der Waals surface area contributed by atoms with Crippen LogP contribution in [0.2, 0.25) is 0 Å². The highest BCUT2D eigenvalue weighted by Gasteiger charge is 2.31. The minimum atomic E-state index is -0.583. The molecule has 1 atom stereocenters. The number of oxime groups is 1. The molecule has 0 spiro atoms. The van der Waals surface area contributed by atoms with Crippen LogP contribution in [0.15, 0.2) is 41.7 Å². The van der Waals surface area contributed by atoms with Crippen molar-refractivity contribution in [3.05, 3.63) is 47.8 Å². The Kier molecular flexibility index (Phi) is 5.02. The first-order valence-electron chi connectivity index (χ1n) is 8.25. The van der Waals surface area contributed by atoms with E-state index in [1.165, 1.54) is 0 Å². The maximum absolute atomic E-state index is 12.6. The van der Waals surface area contributed by atoms with Crippen molar-refractivity contribution in [2.45, 2.75) is 32.5 Å². The number of rotatable bonds is 6. The third-order valence-electron chi connectivity index (χ3n) is 4.25. The van der Waals surface area contributed by atoms with E-state index in [1.807, 2.05) is 41.9 Å². The highest BCUT2D eigenvalue weighted by atomic mass is 16.6. The number of amides is 1. The maximum Gasteiger partial charge on any atom is 0.267 e. The van der Waals surface area contributed by atoms with Gasteiger partial charge in [-0.1, -0.05) is 5.16 Å². The number of ether oxygens (including phenoxy) is 1. The van der Waals surface area contributed by atoms with E-state index in [4.69, 9.17) is 9.57 Å². The molecule has 1 aromatic heterocycles. The fraction of sp³-hybridized carbons (Fsp3) is 0.389. The molecule has 25 heavy (non-hydrogen) atoms. The summed E-state index contributed by atoms with van der Waals surface area (Å²) in [6.07, 6.45) is 1.62. The van der Waals surface area contributed by atoms with Gasteiger partial charge in [-0.25, -0.2) is 0 Å². The average molecular weight is 342 g/mol. The van der Waals surface area contributed by atoms with Gasteiger partial charge in [-0.2, -0.15) is 5.10 Å². The molecule has 0 saturated carbocycles. The molecule has 0 fully saturated rings. The quantitative estimate of drug-likeness (QED) is 0.806. The minimum absolute atomic E-state index is 0.0869.